The summed E-state index contributed by atoms with van der Waals surface area (Å²) in [5.41, 5.74) is 1.27. The fraction of sp³-hybridized carbons (Fsp3) is 0.333. The van der Waals surface area contributed by atoms with Crippen molar-refractivity contribution < 1.29 is 9.00 Å². The van der Waals surface area contributed by atoms with Gasteiger partial charge in [0.1, 0.15) is 0 Å². The van der Waals surface area contributed by atoms with Crippen LogP contribution in [0.1, 0.15) is 29.6 Å². The number of rotatable bonds is 4. The molecule has 24 heavy (non-hydrogen) atoms. The van der Waals surface area contributed by atoms with Crippen molar-refractivity contribution in [3.05, 3.63) is 48.2 Å². The van der Waals surface area contributed by atoms with Gasteiger partial charge in [-0.25, -0.2) is 4.98 Å². The number of hydrogen-bond donors (Lipinski definition) is 1. The topological polar surface area (TPSA) is 62.3 Å². The third-order valence-corrected chi connectivity index (χ3v) is 5.07. The zero-order valence-corrected chi connectivity index (χ0v) is 14.5. The summed E-state index contributed by atoms with van der Waals surface area (Å²) in [6, 6.07) is 10.5. The zero-order chi connectivity index (χ0) is 16.9. The van der Waals surface area contributed by atoms with Crippen LogP contribution in [0, 0.1) is 0 Å². The van der Waals surface area contributed by atoms with Crippen LogP contribution >= 0.6 is 0 Å². The summed E-state index contributed by atoms with van der Waals surface area (Å²) in [6.45, 7) is 1.94. The maximum Gasteiger partial charge on any atom is 0.255 e. The highest BCUT2D eigenvalue weighted by atomic mass is 32.2. The van der Waals surface area contributed by atoms with Crippen LogP contribution < -0.4 is 10.2 Å². The van der Waals surface area contributed by atoms with Crippen LogP contribution in [0.25, 0.3) is 0 Å². The van der Waals surface area contributed by atoms with Crippen molar-refractivity contribution >= 4 is 28.2 Å². The summed E-state index contributed by atoms with van der Waals surface area (Å²) < 4.78 is 11.4. The zero-order valence-electron chi connectivity index (χ0n) is 13.7. The first-order valence-corrected chi connectivity index (χ1v) is 9.66. The summed E-state index contributed by atoms with van der Waals surface area (Å²) in [5, 5.41) is 2.95. The van der Waals surface area contributed by atoms with Crippen LogP contribution in [0.2, 0.25) is 0 Å². The number of amides is 1. The van der Waals surface area contributed by atoms with Gasteiger partial charge in [-0.15, -0.1) is 0 Å². The second kappa shape index (κ2) is 7.57. The third kappa shape index (κ3) is 3.82. The Hall–Kier alpha value is -2.21. The van der Waals surface area contributed by atoms with Crippen LogP contribution in [0.3, 0.4) is 0 Å². The number of anilines is 2. The summed E-state index contributed by atoms with van der Waals surface area (Å²) >= 11 is 0. The summed E-state index contributed by atoms with van der Waals surface area (Å²) in [4.78, 5) is 19.9. The van der Waals surface area contributed by atoms with Gasteiger partial charge < -0.3 is 10.2 Å². The molecule has 0 saturated carbocycles. The van der Waals surface area contributed by atoms with Gasteiger partial charge in [0.05, 0.1) is 5.69 Å². The predicted molar refractivity (Wildman–Crippen MR) is 97.0 cm³/mol. The minimum Gasteiger partial charge on any atom is -0.355 e. The van der Waals surface area contributed by atoms with Gasteiger partial charge in [0.2, 0.25) is 0 Å². The van der Waals surface area contributed by atoms with Crippen molar-refractivity contribution in [2.24, 2.45) is 0 Å². The molecule has 126 valence electrons. The first-order chi connectivity index (χ1) is 11.6. The van der Waals surface area contributed by atoms with E-state index < -0.39 is 10.8 Å². The number of carbonyl (C=O) groups excluding carboxylic acids is 1. The standard InChI is InChI=1S/C18H21N3O2S/c1-24(23)15-9-7-14(8-10-15)18(22)20-16-6-5-11-19-17(16)21-12-3-2-4-13-21/h5-11H,2-4,12-13H2,1H3,(H,20,22)/t24-/m0/s1. The van der Waals surface area contributed by atoms with Crippen LogP contribution in [-0.4, -0.2) is 34.4 Å². The fourth-order valence-electron chi connectivity index (χ4n) is 2.84. The molecule has 3 rings (SSSR count). The predicted octanol–water partition coefficient (Wildman–Crippen LogP) is 3.06. The molecule has 0 bridgehead atoms. The Bertz CT molecular complexity index is 740. The monoisotopic (exact) mass is 343 g/mol. The molecule has 1 aromatic heterocycles. The molecule has 2 heterocycles. The van der Waals surface area contributed by atoms with E-state index in [4.69, 9.17) is 0 Å². The summed E-state index contributed by atoms with van der Waals surface area (Å²) in [5.74, 6) is 0.645. The number of piperidine rings is 1. The van der Waals surface area contributed by atoms with Crippen molar-refractivity contribution in [2.75, 3.05) is 29.6 Å². The Balaban J connectivity index is 1.77. The molecular weight excluding hydrogens is 322 g/mol. The minimum atomic E-state index is -1.04. The van der Waals surface area contributed by atoms with Gasteiger partial charge in [-0.1, -0.05) is 0 Å². The molecular formula is C18H21N3O2S. The maximum absolute atomic E-state index is 12.5. The lowest BCUT2D eigenvalue weighted by Crippen LogP contribution is -2.31. The molecule has 1 saturated heterocycles. The summed E-state index contributed by atoms with van der Waals surface area (Å²) in [7, 11) is -1.04. The lowest BCUT2D eigenvalue weighted by Gasteiger charge is -2.29. The first kappa shape index (κ1) is 16.6. The van der Waals surface area contributed by atoms with Gasteiger partial charge in [-0.3, -0.25) is 9.00 Å². The molecule has 2 aromatic rings. The first-order valence-electron chi connectivity index (χ1n) is 8.10. The van der Waals surface area contributed by atoms with E-state index in [0.29, 0.717) is 10.5 Å². The van der Waals surface area contributed by atoms with Gasteiger partial charge >= 0.3 is 0 Å². The Morgan fingerprint density at radius 2 is 1.83 bits per heavy atom. The van der Waals surface area contributed by atoms with Crippen molar-refractivity contribution in [1.82, 2.24) is 4.98 Å². The molecule has 1 aliphatic rings. The number of nitrogens with zero attached hydrogens (tertiary/aromatic N) is 2. The largest absolute Gasteiger partial charge is 0.355 e. The van der Waals surface area contributed by atoms with E-state index >= 15 is 0 Å². The highest BCUT2D eigenvalue weighted by molar-refractivity contribution is 7.84. The fourth-order valence-corrected chi connectivity index (χ4v) is 3.36. The van der Waals surface area contributed by atoms with E-state index in [1.54, 1.807) is 36.7 Å². The second-order valence-corrected chi connectivity index (χ2v) is 7.23. The number of pyridine rings is 1. The molecule has 0 unspecified atom stereocenters. The molecule has 0 radical (unpaired) electrons. The molecule has 0 spiro atoms. The van der Waals surface area contributed by atoms with Crippen molar-refractivity contribution in [3.63, 3.8) is 0 Å². The van der Waals surface area contributed by atoms with Crippen LogP contribution in [0.5, 0.6) is 0 Å². The van der Waals surface area contributed by atoms with E-state index in [2.05, 4.69) is 15.2 Å². The molecule has 0 aliphatic carbocycles. The maximum atomic E-state index is 12.5. The molecule has 1 atom stereocenters. The van der Waals surface area contributed by atoms with Crippen LogP contribution in [-0.2, 0) is 10.8 Å². The van der Waals surface area contributed by atoms with Gasteiger partial charge in [0, 0.05) is 46.8 Å². The molecule has 1 fully saturated rings. The number of nitrogens with one attached hydrogen (secondary N) is 1. The normalized spacial score (nSPS) is 15.8. The Morgan fingerprint density at radius 1 is 1.12 bits per heavy atom. The van der Waals surface area contributed by atoms with Gasteiger partial charge in [0.15, 0.2) is 5.82 Å². The lowest BCUT2D eigenvalue weighted by atomic mass is 10.1. The third-order valence-electron chi connectivity index (χ3n) is 4.14. The Labute approximate surface area is 144 Å². The smallest absolute Gasteiger partial charge is 0.255 e. The SMILES string of the molecule is C[S@](=O)c1ccc(C(=O)Nc2cccnc2N2CCCCC2)cc1. The minimum absolute atomic E-state index is 0.185. The van der Waals surface area contributed by atoms with Gasteiger partial charge in [-0.05, 0) is 55.7 Å². The van der Waals surface area contributed by atoms with Crippen molar-refractivity contribution in [1.29, 1.82) is 0 Å². The number of aromatic nitrogens is 1. The van der Waals surface area contributed by atoms with Crippen molar-refractivity contribution in [2.45, 2.75) is 24.2 Å². The molecule has 1 amide bonds. The van der Waals surface area contributed by atoms with E-state index in [1.165, 1.54) is 6.42 Å². The van der Waals surface area contributed by atoms with E-state index in [-0.39, 0.29) is 5.91 Å². The number of hydrogen-bond acceptors (Lipinski definition) is 4. The van der Waals surface area contributed by atoms with Gasteiger partial charge in [0.25, 0.3) is 5.91 Å². The summed E-state index contributed by atoms with van der Waals surface area (Å²) in [6.07, 6.45) is 6.93. The number of benzene rings is 1. The van der Waals surface area contributed by atoms with Gasteiger partial charge in [-0.2, -0.15) is 0 Å². The second-order valence-electron chi connectivity index (χ2n) is 5.85. The molecule has 1 aliphatic heterocycles. The molecule has 1 aromatic carbocycles. The van der Waals surface area contributed by atoms with Crippen LogP contribution in [0.4, 0.5) is 11.5 Å². The molecule has 5 nitrogen and oxygen atoms in total. The van der Waals surface area contributed by atoms with E-state index in [0.717, 1.165) is 37.4 Å². The van der Waals surface area contributed by atoms with Crippen molar-refractivity contribution in [3.8, 4) is 0 Å². The quantitative estimate of drug-likeness (QED) is 0.927. The van der Waals surface area contributed by atoms with Crippen LogP contribution in [0.15, 0.2) is 47.5 Å². The van der Waals surface area contributed by atoms with E-state index in [1.807, 2.05) is 12.1 Å². The molecule has 6 heteroatoms. The van der Waals surface area contributed by atoms with E-state index in [9.17, 15) is 9.00 Å². The average molecular weight is 343 g/mol. The Morgan fingerprint density at radius 3 is 2.50 bits per heavy atom. The highest BCUT2D eigenvalue weighted by Gasteiger charge is 2.17. The number of carbonyl (C=O) groups is 1. The lowest BCUT2D eigenvalue weighted by molar-refractivity contribution is 0.102. The average Bonchev–Trinajstić information content (AvgIpc) is 2.63. The molecule has 1 N–H and O–H groups in total. The Kier molecular flexibility index (Phi) is 5.25. The highest BCUT2D eigenvalue weighted by Crippen LogP contribution is 2.26.